The third-order valence-corrected chi connectivity index (χ3v) is 3.90. The van der Waals surface area contributed by atoms with E-state index in [-0.39, 0.29) is 23.9 Å². The number of rotatable bonds is 5. The second kappa shape index (κ2) is 6.37. The molecule has 1 atom stereocenters. The number of amides is 1. The molecule has 1 unspecified atom stereocenters. The van der Waals surface area contributed by atoms with Crippen LogP contribution in [-0.4, -0.2) is 37.2 Å². The molecule has 2 aliphatic rings. The van der Waals surface area contributed by atoms with Crippen molar-refractivity contribution in [1.29, 1.82) is 0 Å². The SMILES string of the molecule is COC(=O)C1CCC(OC(C)C(=O)NC2CC2)CC1. The summed E-state index contributed by atoms with van der Waals surface area (Å²) in [5, 5.41) is 2.94. The standard InChI is InChI=1S/C14H23NO4/c1-9(13(16)15-11-5-6-11)19-12-7-3-10(4-8-12)14(17)18-2/h9-12H,3-8H2,1-2H3,(H,15,16). The van der Waals surface area contributed by atoms with Gasteiger partial charge >= 0.3 is 5.97 Å². The lowest BCUT2D eigenvalue weighted by Gasteiger charge is -2.28. The minimum absolute atomic E-state index is 0.000414. The molecule has 0 saturated heterocycles. The summed E-state index contributed by atoms with van der Waals surface area (Å²) in [7, 11) is 1.43. The monoisotopic (exact) mass is 269 g/mol. The first kappa shape index (κ1) is 14.3. The molecule has 0 heterocycles. The number of hydrogen-bond acceptors (Lipinski definition) is 4. The predicted octanol–water partition coefficient (Wildman–Crippen LogP) is 1.40. The first-order valence-electron chi connectivity index (χ1n) is 7.13. The van der Waals surface area contributed by atoms with Crippen LogP contribution in [0.2, 0.25) is 0 Å². The molecule has 1 N–H and O–H groups in total. The molecule has 0 aromatic carbocycles. The van der Waals surface area contributed by atoms with Crippen molar-refractivity contribution in [1.82, 2.24) is 5.32 Å². The van der Waals surface area contributed by atoms with Gasteiger partial charge in [0, 0.05) is 6.04 Å². The quantitative estimate of drug-likeness (QED) is 0.766. The van der Waals surface area contributed by atoms with Crippen LogP contribution in [0, 0.1) is 5.92 Å². The minimum atomic E-state index is -0.403. The molecule has 0 bridgehead atoms. The van der Waals surface area contributed by atoms with Crippen molar-refractivity contribution in [2.24, 2.45) is 5.92 Å². The molecule has 1 amide bonds. The molecule has 0 spiro atoms. The number of nitrogens with one attached hydrogen (secondary N) is 1. The van der Waals surface area contributed by atoms with Gasteiger partial charge in [0.05, 0.1) is 19.1 Å². The lowest BCUT2D eigenvalue weighted by Crippen LogP contribution is -2.39. The Kier molecular flexibility index (Phi) is 4.80. The Labute approximate surface area is 114 Å². The maximum atomic E-state index is 11.8. The lowest BCUT2D eigenvalue weighted by atomic mass is 9.87. The zero-order valence-electron chi connectivity index (χ0n) is 11.7. The van der Waals surface area contributed by atoms with E-state index in [1.807, 2.05) is 0 Å². The number of ether oxygens (including phenoxy) is 2. The number of hydrogen-bond donors (Lipinski definition) is 1. The van der Waals surface area contributed by atoms with E-state index < -0.39 is 6.10 Å². The summed E-state index contributed by atoms with van der Waals surface area (Å²) in [6.45, 7) is 1.80. The van der Waals surface area contributed by atoms with E-state index in [4.69, 9.17) is 9.47 Å². The average Bonchev–Trinajstić information content (AvgIpc) is 3.22. The van der Waals surface area contributed by atoms with E-state index in [9.17, 15) is 9.59 Å². The largest absolute Gasteiger partial charge is 0.469 e. The van der Waals surface area contributed by atoms with E-state index in [2.05, 4.69) is 5.32 Å². The molecule has 2 rings (SSSR count). The number of methoxy groups -OCH3 is 1. The topological polar surface area (TPSA) is 64.6 Å². The first-order valence-corrected chi connectivity index (χ1v) is 7.13. The Morgan fingerprint density at radius 3 is 2.26 bits per heavy atom. The van der Waals surface area contributed by atoms with Crippen molar-refractivity contribution >= 4 is 11.9 Å². The molecule has 0 aliphatic heterocycles. The summed E-state index contributed by atoms with van der Waals surface area (Å²) in [6, 6.07) is 0.369. The van der Waals surface area contributed by atoms with Gasteiger partial charge in [0.1, 0.15) is 6.10 Å². The summed E-state index contributed by atoms with van der Waals surface area (Å²) in [5.74, 6) is -0.143. The lowest BCUT2D eigenvalue weighted by molar-refractivity contribution is -0.149. The van der Waals surface area contributed by atoms with Gasteiger partial charge in [-0.25, -0.2) is 0 Å². The smallest absolute Gasteiger partial charge is 0.308 e. The van der Waals surface area contributed by atoms with Crippen LogP contribution in [0.1, 0.15) is 45.4 Å². The zero-order valence-corrected chi connectivity index (χ0v) is 11.7. The molecule has 5 heteroatoms. The van der Waals surface area contributed by atoms with E-state index in [0.717, 1.165) is 38.5 Å². The van der Waals surface area contributed by atoms with Crippen LogP contribution in [0.15, 0.2) is 0 Å². The second-order valence-corrected chi connectivity index (χ2v) is 5.56. The molecule has 0 radical (unpaired) electrons. The maximum absolute atomic E-state index is 11.8. The molecule has 0 aromatic heterocycles. The van der Waals surface area contributed by atoms with Crippen LogP contribution < -0.4 is 5.32 Å². The zero-order chi connectivity index (χ0) is 13.8. The molecule has 108 valence electrons. The molecular weight excluding hydrogens is 246 g/mol. The molecule has 2 fully saturated rings. The van der Waals surface area contributed by atoms with Gasteiger partial charge in [0.2, 0.25) is 5.91 Å². The number of carbonyl (C=O) groups is 2. The fraction of sp³-hybridized carbons (Fsp3) is 0.857. The van der Waals surface area contributed by atoms with Gasteiger partial charge in [-0.2, -0.15) is 0 Å². The van der Waals surface area contributed by atoms with Crippen LogP contribution in [0.4, 0.5) is 0 Å². The predicted molar refractivity (Wildman–Crippen MR) is 69.5 cm³/mol. The third kappa shape index (κ3) is 4.20. The molecule has 2 aliphatic carbocycles. The third-order valence-electron chi connectivity index (χ3n) is 3.90. The van der Waals surface area contributed by atoms with Crippen LogP contribution in [0.25, 0.3) is 0 Å². The van der Waals surface area contributed by atoms with Gasteiger partial charge in [-0.1, -0.05) is 0 Å². The van der Waals surface area contributed by atoms with Gasteiger partial charge in [-0.15, -0.1) is 0 Å². The van der Waals surface area contributed by atoms with Crippen LogP contribution in [0.5, 0.6) is 0 Å². The average molecular weight is 269 g/mol. The Bertz CT molecular complexity index is 332. The number of esters is 1. The fourth-order valence-electron chi connectivity index (χ4n) is 2.50. The highest BCUT2D eigenvalue weighted by molar-refractivity contribution is 5.80. The fourth-order valence-corrected chi connectivity index (χ4v) is 2.50. The van der Waals surface area contributed by atoms with Crippen LogP contribution in [0.3, 0.4) is 0 Å². The molecule has 0 aromatic rings. The van der Waals surface area contributed by atoms with Gasteiger partial charge in [0.15, 0.2) is 0 Å². The van der Waals surface area contributed by atoms with E-state index in [1.165, 1.54) is 7.11 Å². The van der Waals surface area contributed by atoms with Gasteiger partial charge in [0.25, 0.3) is 0 Å². The Morgan fingerprint density at radius 1 is 1.11 bits per heavy atom. The van der Waals surface area contributed by atoms with Gasteiger partial charge < -0.3 is 14.8 Å². The summed E-state index contributed by atoms with van der Waals surface area (Å²) in [4.78, 5) is 23.2. The Hall–Kier alpha value is -1.10. The van der Waals surface area contributed by atoms with Gasteiger partial charge in [-0.05, 0) is 45.4 Å². The highest BCUT2D eigenvalue weighted by Crippen LogP contribution is 2.28. The van der Waals surface area contributed by atoms with Crippen molar-refractivity contribution in [3.05, 3.63) is 0 Å². The van der Waals surface area contributed by atoms with Crippen molar-refractivity contribution < 1.29 is 19.1 Å². The second-order valence-electron chi connectivity index (χ2n) is 5.56. The van der Waals surface area contributed by atoms with Gasteiger partial charge in [-0.3, -0.25) is 9.59 Å². The summed E-state index contributed by atoms with van der Waals surface area (Å²) in [6.07, 6.45) is 5.07. The van der Waals surface area contributed by atoms with E-state index in [1.54, 1.807) is 6.92 Å². The van der Waals surface area contributed by atoms with Crippen LogP contribution in [-0.2, 0) is 19.1 Å². The summed E-state index contributed by atoms with van der Waals surface area (Å²) in [5.41, 5.74) is 0. The molecule has 5 nitrogen and oxygen atoms in total. The van der Waals surface area contributed by atoms with E-state index in [0.29, 0.717) is 6.04 Å². The normalized spacial score (nSPS) is 28.5. The Balaban J connectivity index is 1.69. The van der Waals surface area contributed by atoms with Crippen LogP contribution >= 0.6 is 0 Å². The maximum Gasteiger partial charge on any atom is 0.308 e. The number of carbonyl (C=O) groups excluding carboxylic acids is 2. The van der Waals surface area contributed by atoms with Crippen molar-refractivity contribution in [3.63, 3.8) is 0 Å². The highest BCUT2D eigenvalue weighted by atomic mass is 16.5. The first-order chi connectivity index (χ1) is 9.10. The molecule has 19 heavy (non-hydrogen) atoms. The molecular formula is C14H23NO4. The molecule has 2 saturated carbocycles. The van der Waals surface area contributed by atoms with E-state index >= 15 is 0 Å². The highest BCUT2D eigenvalue weighted by Gasteiger charge is 2.30. The van der Waals surface area contributed by atoms with Crippen molar-refractivity contribution in [3.8, 4) is 0 Å². The summed E-state index contributed by atoms with van der Waals surface area (Å²) >= 11 is 0. The van der Waals surface area contributed by atoms with Crippen molar-refractivity contribution in [2.75, 3.05) is 7.11 Å². The summed E-state index contributed by atoms with van der Waals surface area (Å²) < 4.78 is 10.5. The minimum Gasteiger partial charge on any atom is -0.469 e. The van der Waals surface area contributed by atoms with Crippen molar-refractivity contribution in [2.45, 2.75) is 63.7 Å². The Morgan fingerprint density at radius 2 is 1.74 bits per heavy atom.